The van der Waals surface area contributed by atoms with E-state index >= 15 is 0 Å². The molecule has 112 valence electrons. The van der Waals surface area contributed by atoms with Crippen LogP contribution in [-0.4, -0.2) is 8.42 Å². The second-order valence-electron chi connectivity index (χ2n) is 4.27. The van der Waals surface area contributed by atoms with Crippen molar-refractivity contribution >= 4 is 27.3 Å². The maximum Gasteiger partial charge on any atom is 0.243 e. The summed E-state index contributed by atoms with van der Waals surface area (Å²) in [6.45, 7) is -0.117. The number of halogens is 3. The summed E-state index contributed by atoms with van der Waals surface area (Å²) < 4.78 is 52.9. The van der Waals surface area contributed by atoms with Gasteiger partial charge in [-0.3, -0.25) is 0 Å². The van der Waals surface area contributed by atoms with Crippen molar-refractivity contribution in [3.63, 3.8) is 0 Å². The molecule has 0 saturated carbocycles. The fourth-order valence-electron chi connectivity index (χ4n) is 1.64. The molecule has 0 saturated heterocycles. The van der Waals surface area contributed by atoms with Crippen LogP contribution in [0.4, 0.5) is 14.5 Å². The lowest BCUT2D eigenvalue weighted by Crippen LogP contribution is -2.24. The average Bonchev–Trinajstić information content (AvgIpc) is 2.42. The first-order chi connectivity index (χ1) is 9.79. The zero-order valence-corrected chi connectivity index (χ0v) is 12.2. The molecule has 0 amide bonds. The van der Waals surface area contributed by atoms with E-state index in [1.54, 1.807) is 0 Å². The second kappa shape index (κ2) is 5.97. The minimum absolute atomic E-state index is 0.0311. The van der Waals surface area contributed by atoms with Gasteiger partial charge in [0.1, 0.15) is 10.7 Å². The third-order valence-corrected chi connectivity index (χ3v) is 4.36. The monoisotopic (exact) mass is 332 g/mol. The van der Waals surface area contributed by atoms with Crippen LogP contribution in [0.1, 0.15) is 5.56 Å². The standard InChI is InChI=1S/C13H11ClF2N2O2S/c14-11-5-10(17)6-12(13(11)16)21(19,20)18-7-8-1-3-9(15)4-2-8/h1-6,18H,7,17H2. The van der Waals surface area contributed by atoms with E-state index in [1.165, 1.54) is 24.3 Å². The Kier molecular flexibility index (Phi) is 4.46. The number of nitrogens with two attached hydrogens (primary N) is 1. The van der Waals surface area contributed by atoms with Crippen LogP contribution in [0.3, 0.4) is 0 Å². The highest BCUT2D eigenvalue weighted by Gasteiger charge is 2.21. The van der Waals surface area contributed by atoms with E-state index in [0.717, 1.165) is 12.1 Å². The molecule has 0 aliphatic carbocycles. The lowest BCUT2D eigenvalue weighted by Gasteiger charge is -2.09. The van der Waals surface area contributed by atoms with Crippen LogP contribution >= 0.6 is 11.6 Å². The Morgan fingerprint density at radius 1 is 1.14 bits per heavy atom. The Hall–Kier alpha value is -1.70. The van der Waals surface area contributed by atoms with Crippen molar-refractivity contribution in [2.75, 3.05) is 5.73 Å². The summed E-state index contributed by atoms with van der Waals surface area (Å²) in [6.07, 6.45) is 0. The Bertz CT molecular complexity index is 764. The van der Waals surface area contributed by atoms with Crippen molar-refractivity contribution < 1.29 is 17.2 Å². The highest BCUT2D eigenvalue weighted by atomic mass is 35.5. The number of sulfonamides is 1. The van der Waals surface area contributed by atoms with Crippen molar-refractivity contribution in [1.29, 1.82) is 0 Å². The normalized spacial score (nSPS) is 11.6. The number of nitrogens with one attached hydrogen (secondary N) is 1. The average molecular weight is 333 g/mol. The number of hydrogen-bond donors (Lipinski definition) is 2. The van der Waals surface area contributed by atoms with Crippen LogP contribution in [0, 0.1) is 11.6 Å². The molecule has 0 bridgehead atoms. The van der Waals surface area contributed by atoms with Crippen molar-refractivity contribution in [2.24, 2.45) is 0 Å². The molecule has 0 fully saturated rings. The third kappa shape index (κ3) is 3.69. The van der Waals surface area contributed by atoms with E-state index in [-0.39, 0.29) is 17.3 Å². The van der Waals surface area contributed by atoms with E-state index in [9.17, 15) is 17.2 Å². The number of anilines is 1. The first-order valence-corrected chi connectivity index (χ1v) is 7.64. The quantitative estimate of drug-likeness (QED) is 0.845. The molecule has 0 unspecified atom stereocenters. The Morgan fingerprint density at radius 2 is 1.76 bits per heavy atom. The van der Waals surface area contributed by atoms with Crippen LogP contribution in [-0.2, 0) is 16.6 Å². The molecule has 3 N–H and O–H groups in total. The lowest BCUT2D eigenvalue weighted by atomic mass is 10.2. The molecule has 21 heavy (non-hydrogen) atoms. The second-order valence-corrected chi connectivity index (χ2v) is 6.41. The van der Waals surface area contributed by atoms with Crippen LogP contribution in [0.25, 0.3) is 0 Å². The van der Waals surface area contributed by atoms with E-state index in [0.29, 0.717) is 5.56 Å². The maximum absolute atomic E-state index is 13.8. The number of hydrogen-bond acceptors (Lipinski definition) is 3. The minimum atomic E-state index is -4.13. The van der Waals surface area contributed by atoms with Gasteiger partial charge in [-0.1, -0.05) is 23.7 Å². The summed E-state index contributed by atoms with van der Waals surface area (Å²) in [5.41, 5.74) is 6.02. The lowest BCUT2D eigenvalue weighted by molar-refractivity contribution is 0.557. The zero-order valence-electron chi connectivity index (χ0n) is 10.6. The van der Waals surface area contributed by atoms with Crippen molar-refractivity contribution in [1.82, 2.24) is 4.72 Å². The fourth-order valence-corrected chi connectivity index (χ4v) is 3.07. The summed E-state index contributed by atoms with van der Waals surface area (Å²) in [5.74, 6) is -1.51. The predicted molar refractivity (Wildman–Crippen MR) is 76.2 cm³/mol. The molecule has 0 aromatic heterocycles. The highest BCUT2D eigenvalue weighted by Crippen LogP contribution is 2.25. The largest absolute Gasteiger partial charge is 0.399 e. The van der Waals surface area contributed by atoms with Gasteiger partial charge >= 0.3 is 0 Å². The molecule has 0 radical (unpaired) electrons. The van der Waals surface area contributed by atoms with Crippen molar-refractivity contribution in [3.8, 4) is 0 Å². The molecule has 0 spiro atoms. The third-order valence-electron chi connectivity index (χ3n) is 2.69. The van der Waals surface area contributed by atoms with Gasteiger partial charge < -0.3 is 5.73 Å². The summed E-state index contributed by atoms with van der Waals surface area (Å²) in [6, 6.07) is 7.33. The van der Waals surface area contributed by atoms with Gasteiger partial charge in [-0.25, -0.2) is 21.9 Å². The SMILES string of the molecule is Nc1cc(Cl)c(F)c(S(=O)(=O)NCc2ccc(F)cc2)c1. The topological polar surface area (TPSA) is 72.2 Å². The fraction of sp³-hybridized carbons (Fsp3) is 0.0769. The van der Waals surface area contributed by atoms with Gasteiger partial charge in [0.2, 0.25) is 10.0 Å². The molecule has 2 aromatic rings. The van der Waals surface area contributed by atoms with Crippen molar-refractivity contribution in [3.05, 3.63) is 58.6 Å². The highest BCUT2D eigenvalue weighted by molar-refractivity contribution is 7.89. The number of benzene rings is 2. The van der Waals surface area contributed by atoms with Gasteiger partial charge in [-0.05, 0) is 29.8 Å². The van der Waals surface area contributed by atoms with E-state index in [2.05, 4.69) is 4.72 Å². The Morgan fingerprint density at radius 3 is 2.38 bits per heavy atom. The smallest absolute Gasteiger partial charge is 0.243 e. The minimum Gasteiger partial charge on any atom is -0.399 e. The molecule has 0 aliphatic heterocycles. The molecular weight excluding hydrogens is 322 g/mol. The first-order valence-electron chi connectivity index (χ1n) is 5.78. The van der Waals surface area contributed by atoms with Crippen LogP contribution < -0.4 is 10.5 Å². The molecule has 8 heteroatoms. The molecular formula is C13H11ClF2N2O2S. The van der Waals surface area contributed by atoms with Gasteiger partial charge in [-0.15, -0.1) is 0 Å². The van der Waals surface area contributed by atoms with Gasteiger partial charge in [-0.2, -0.15) is 0 Å². The summed E-state index contributed by atoms with van der Waals surface area (Å²) in [4.78, 5) is -0.630. The summed E-state index contributed by atoms with van der Waals surface area (Å²) in [5, 5.41) is -0.378. The zero-order chi connectivity index (χ0) is 15.6. The molecule has 2 rings (SSSR count). The molecule has 0 atom stereocenters. The molecule has 0 aliphatic rings. The number of rotatable bonds is 4. The van der Waals surface area contributed by atoms with Crippen LogP contribution in [0.5, 0.6) is 0 Å². The van der Waals surface area contributed by atoms with Gasteiger partial charge in [0, 0.05) is 12.2 Å². The first kappa shape index (κ1) is 15.7. The van der Waals surface area contributed by atoms with Gasteiger partial charge in [0.15, 0.2) is 5.82 Å². The maximum atomic E-state index is 13.8. The number of nitrogen functional groups attached to an aromatic ring is 1. The summed E-state index contributed by atoms with van der Waals surface area (Å²) in [7, 11) is -4.13. The van der Waals surface area contributed by atoms with Gasteiger partial charge in [0.25, 0.3) is 0 Å². The van der Waals surface area contributed by atoms with Crippen LogP contribution in [0.15, 0.2) is 41.3 Å². The molecule has 0 heterocycles. The van der Waals surface area contributed by atoms with Crippen LogP contribution in [0.2, 0.25) is 5.02 Å². The molecule has 2 aromatic carbocycles. The van der Waals surface area contributed by atoms with E-state index in [1.807, 2.05) is 0 Å². The Labute approximate surface area is 125 Å². The predicted octanol–water partition coefficient (Wildman–Crippen LogP) is 2.68. The summed E-state index contributed by atoms with van der Waals surface area (Å²) >= 11 is 5.57. The molecule has 4 nitrogen and oxygen atoms in total. The van der Waals surface area contributed by atoms with Crippen molar-refractivity contribution in [2.45, 2.75) is 11.4 Å². The van der Waals surface area contributed by atoms with Gasteiger partial charge in [0.05, 0.1) is 5.02 Å². The van der Waals surface area contributed by atoms with E-state index < -0.39 is 26.6 Å². The Balaban J connectivity index is 2.25. The van der Waals surface area contributed by atoms with E-state index in [4.69, 9.17) is 17.3 Å².